The maximum absolute atomic E-state index is 9.41. The monoisotopic (exact) mass is 269 g/mol. The molecular formula is C17H23N3. The number of aryl methyl sites for hydroxylation is 1. The summed E-state index contributed by atoms with van der Waals surface area (Å²) in [5.41, 5.74) is 3.19. The van der Waals surface area contributed by atoms with Gasteiger partial charge in [-0.3, -0.25) is 0 Å². The van der Waals surface area contributed by atoms with Crippen molar-refractivity contribution in [2.45, 2.75) is 57.7 Å². The van der Waals surface area contributed by atoms with E-state index in [2.05, 4.69) is 36.2 Å². The van der Waals surface area contributed by atoms with Gasteiger partial charge in [0.15, 0.2) is 0 Å². The quantitative estimate of drug-likeness (QED) is 0.917. The van der Waals surface area contributed by atoms with E-state index in [0.717, 1.165) is 17.8 Å². The Morgan fingerprint density at radius 1 is 1.30 bits per heavy atom. The standard InChI is InChI=1S/C17H23N3/c1-3-20(16-9-14-7-8-15(10-16)19-14)17-12(2)5-4-6-13(17)11-18/h4-6,14-16,19H,3,7-10H2,1-2H3. The lowest BCUT2D eigenvalue weighted by Crippen LogP contribution is -2.48. The van der Waals surface area contributed by atoms with Crippen LogP contribution in [0.2, 0.25) is 0 Å². The molecule has 0 radical (unpaired) electrons. The number of nitriles is 1. The summed E-state index contributed by atoms with van der Waals surface area (Å²) in [5.74, 6) is 0. The van der Waals surface area contributed by atoms with Gasteiger partial charge in [0.2, 0.25) is 0 Å². The lowest BCUT2D eigenvalue weighted by molar-refractivity contribution is 0.349. The third-order valence-corrected chi connectivity index (χ3v) is 4.88. The second-order valence-electron chi connectivity index (χ2n) is 6.13. The minimum atomic E-state index is 0.576. The van der Waals surface area contributed by atoms with Crippen LogP contribution in [0.25, 0.3) is 0 Å². The van der Waals surface area contributed by atoms with Crippen molar-refractivity contribution in [1.82, 2.24) is 5.32 Å². The highest BCUT2D eigenvalue weighted by molar-refractivity contribution is 5.64. The average Bonchev–Trinajstić information content (AvgIpc) is 2.80. The fourth-order valence-electron chi connectivity index (χ4n) is 4.01. The Hall–Kier alpha value is -1.53. The van der Waals surface area contributed by atoms with E-state index >= 15 is 0 Å². The minimum Gasteiger partial charge on any atom is -0.367 e. The van der Waals surface area contributed by atoms with Crippen LogP contribution in [0, 0.1) is 18.3 Å². The van der Waals surface area contributed by atoms with Crippen LogP contribution in [-0.4, -0.2) is 24.7 Å². The third kappa shape index (κ3) is 2.29. The van der Waals surface area contributed by atoms with Gasteiger partial charge < -0.3 is 10.2 Å². The Morgan fingerprint density at radius 2 is 2.00 bits per heavy atom. The molecule has 1 aromatic carbocycles. The molecule has 1 N–H and O–H groups in total. The maximum Gasteiger partial charge on any atom is 0.101 e. The molecule has 0 spiro atoms. The van der Waals surface area contributed by atoms with Crippen molar-refractivity contribution in [3.05, 3.63) is 29.3 Å². The van der Waals surface area contributed by atoms with Crippen LogP contribution < -0.4 is 10.2 Å². The Kier molecular flexibility index (Phi) is 3.67. The lowest BCUT2D eigenvalue weighted by Gasteiger charge is -2.39. The summed E-state index contributed by atoms with van der Waals surface area (Å²) in [7, 11) is 0. The predicted octanol–water partition coefficient (Wildman–Crippen LogP) is 2.98. The van der Waals surface area contributed by atoms with Gasteiger partial charge in [-0.2, -0.15) is 5.26 Å². The average molecular weight is 269 g/mol. The number of nitrogens with one attached hydrogen (secondary N) is 1. The number of fused-ring (bicyclic) bond motifs is 2. The van der Waals surface area contributed by atoms with Gasteiger partial charge in [0.25, 0.3) is 0 Å². The molecule has 2 aliphatic rings. The molecule has 0 amide bonds. The first kappa shape index (κ1) is 13.5. The second-order valence-corrected chi connectivity index (χ2v) is 6.13. The summed E-state index contributed by atoms with van der Waals surface area (Å²) in [6, 6.07) is 10.4. The topological polar surface area (TPSA) is 39.1 Å². The van der Waals surface area contributed by atoms with Gasteiger partial charge in [-0.25, -0.2) is 0 Å². The smallest absolute Gasteiger partial charge is 0.101 e. The number of nitrogens with zero attached hydrogens (tertiary/aromatic N) is 2. The van der Waals surface area contributed by atoms with Gasteiger partial charge in [-0.15, -0.1) is 0 Å². The molecule has 2 unspecified atom stereocenters. The van der Waals surface area contributed by atoms with Gasteiger partial charge in [0.1, 0.15) is 6.07 Å². The van der Waals surface area contributed by atoms with Crippen LogP contribution >= 0.6 is 0 Å². The zero-order valence-electron chi connectivity index (χ0n) is 12.4. The Morgan fingerprint density at radius 3 is 2.60 bits per heavy atom. The molecule has 2 aliphatic heterocycles. The number of piperidine rings is 1. The molecule has 2 heterocycles. The molecule has 2 fully saturated rings. The lowest BCUT2D eigenvalue weighted by atomic mass is 9.96. The van der Waals surface area contributed by atoms with Crippen LogP contribution in [-0.2, 0) is 0 Å². The van der Waals surface area contributed by atoms with Gasteiger partial charge in [0, 0.05) is 24.7 Å². The number of hydrogen-bond donors (Lipinski definition) is 1. The molecule has 106 valence electrons. The molecule has 0 saturated carbocycles. The number of hydrogen-bond acceptors (Lipinski definition) is 3. The van der Waals surface area contributed by atoms with E-state index in [1.165, 1.54) is 31.2 Å². The van der Waals surface area contributed by atoms with Crippen molar-refractivity contribution in [3.8, 4) is 6.07 Å². The van der Waals surface area contributed by atoms with Crippen LogP contribution in [0.4, 0.5) is 5.69 Å². The molecule has 3 heteroatoms. The molecule has 3 rings (SSSR count). The molecule has 3 nitrogen and oxygen atoms in total. The molecule has 2 bridgehead atoms. The first-order valence-electron chi connectivity index (χ1n) is 7.75. The summed E-state index contributed by atoms with van der Waals surface area (Å²) < 4.78 is 0. The molecular weight excluding hydrogens is 246 g/mol. The third-order valence-electron chi connectivity index (χ3n) is 4.88. The molecule has 0 aromatic heterocycles. The van der Waals surface area contributed by atoms with Crippen molar-refractivity contribution in [2.75, 3.05) is 11.4 Å². The normalized spacial score (nSPS) is 28.1. The van der Waals surface area contributed by atoms with Crippen LogP contribution in [0.5, 0.6) is 0 Å². The van der Waals surface area contributed by atoms with E-state index in [-0.39, 0.29) is 0 Å². The first-order chi connectivity index (χ1) is 9.72. The first-order valence-corrected chi connectivity index (χ1v) is 7.75. The fraction of sp³-hybridized carbons (Fsp3) is 0.588. The van der Waals surface area contributed by atoms with Crippen molar-refractivity contribution >= 4 is 5.69 Å². The van der Waals surface area contributed by atoms with E-state index < -0.39 is 0 Å². The predicted molar refractivity (Wildman–Crippen MR) is 81.9 cm³/mol. The van der Waals surface area contributed by atoms with Gasteiger partial charge in [-0.05, 0) is 51.2 Å². The highest BCUT2D eigenvalue weighted by Crippen LogP contribution is 2.34. The van der Waals surface area contributed by atoms with Crippen molar-refractivity contribution in [1.29, 1.82) is 5.26 Å². The molecule has 2 atom stereocenters. The summed E-state index contributed by atoms with van der Waals surface area (Å²) in [6.07, 6.45) is 5.06. The fourth-order valence-corrected chi connectivity index (χ4v) is 4.01. The number of anilines is 1. The SMILES string of the molecule is CCN(c1c(C)cccc1C#N)C1CC2CCC(C1)N2. The molecule has 1 aromatic rings. The van der Waals surface area contributed by atoms with Gasteiger partial charge in [-0.1, -0.05) is 12.1 Å². The Balaban J connectivity index is 1.92. The number of benzene rings is 1. The minimum absolute atomic E-state index is 0.576. The Bertz CT molecular complexity index is 520. The summed E-state index contributed by atoms with van der Waals surface area (Å²) in [4.78, 5) is 2.47. The summed E-state index contributed by atoms with van der Waals surface area (Å²) in [6.45, 7) is 5.30. The van der Waals surface area contributed by atoms with E-state index in [1.807, 2.05) is 12.1 Å². The largest absolute Gasteiger partial charge is 0.367 e. The van der Waals surface area contributed by atoms with Gasteiger partial charge in [0.05, 0.1) is 11.3 Å². The zero-order chi connectivity index (χ0) is 14.1. The van der Waals surface area contributed by atoms with E-state index in [9.17, 15) is 5.26 Å². The van der Waals surface area contributed by atoms with E-state index in [1.54, 1.807) is 0 Å². The van der Waals surface area contributed by atoms with Gasteiger partial charge >= 0.3 is 0 Å². The highest BCUT2D eigenvalue weighted by Gasteiger charge is 2.36. The summed E-state index contributed by atoms with van der Waals surface area (Å²) >= 11 is 0. The number of para-hydroxylation sites is 1. The van der Waals surface area contributed by atoms with E-state index in [0.29, 0.717) is 18.1 Å². The molecule has 2 saturated heterocycles. The number of rotatable bonds is 3. The van der Waals surface area contributed by atoms with Crippen LogP contribution in [0.3, 0.4) is 0 Å². The maximum atomic E-state index is 9.41. The highest BCUT2D eigenvalue weighted by atomic mass is 15.2. The van der Waals surface area contributed by atoms with Crippen molar-refractivity contribution in [3.63, 3.8) is 0 Å². The van der Waals surface area contributed by atoms with Crippen molar-refractivity contribution < 1.29 is 0 Å². The molecule has 0 aliphatic carbocycles. The van der Waals surface area contributed by atoms with E-state index in [4.69, 9.17) is 0 Å². The Labute approximate surface area is 121 Å². The van der Waals surface area contributed by atoms with Crippen LogP contribution in [0.15, 0.2) is 18.2 Å². The van der Waals surface area contributed by atoms with Crippen LogP contribution in [0.1, 0.15) is 43.7 Å². The zero-order valence-corrected chi connectivity index (χ0v) is 12.4. The van der Waals surface area contributed by atoms with Crippen molar-refractivity contribution in [2.24, 2.45) is 0 Å². The molecule has 20 heavy (non-hydrogen) atoms. The summed E-state index contributed by atoms with van der Waals surface area (Å²) in [5, 5.41) is 13.1. The second kappa shape index (κ2) is 5.46.